The Bertz CT molecular complexity index is 695. The molecule has 2 N–H and O–H groups in total. The zero-order valence-electron chi connectivity index (χ0n) is 16.9. The molecule has 1 unspecified atom stereocenters. The van der Waals surface area contributed by atoms with Crippen molar-refractivity contribution in [2.24, 2.45) is 5.73 Å². The maximum Gasteiger partial charge on any atom is 0.158 e. The average Bonchev–Trinajstić information content (AvgIpc) is 3.07. The quantitative estimate of drug-likeness (QED) is 0.694. The lowest BCUT2D eigenvalue weighted by atomic mass is 10.1. The summed E-state index contributed by atoms with van der Waals surface area (Å²) in [5, 5.41) is 6.30. The molecule has 0 spiro atoms. The Morgan fingerprint density at radius 2 is 1.96 bits per heavy atom. The lowest BCUT2D eigenvalue weighted by Gasteiger charge is -2.30. The van der Waals surface area contributed by atoms with E-state index in [1.165, 1.54) is 10.9 Å². The summed E-state index contributed by atoms with van der Waals surface area (Å²) in [6, 6.07) is 9.06. The second-order valence-corrected chi connectivity index (χ2v) is 7.30. The topological polar surface area (TPSA) is 59.5 Å². The molecule has 1 saturated heterocycles. The first kappa shape index (κ1) is 20.1. The zero-order chi connectivity index (χ0) is 19.1. The van der Waals surface area contributed by atoms with E-state index in [1.54, 1.807) is 0 Å². The van der Waals surface area contributed by atoms with Gasteiger partial charge in [-0.3, -0.25) is 9.58 Å². The van der Waals surface area contributed by atoms with Crippen molar-refractivity contribution in [2.75, 3.05) is 50.8 Å². The summed E-state index contributed by atoms with van der Waals surface area (Å²) >= 11 is 0. The normalized spacial score (nSPS) is 16.7. The fourth-order valence-corrected chi connectivity index (χ4v) is 4.11. The Kier molecular flexibility index (Phi) is 7.50. The highest BCUT2D eigenvalue weighted by Gasteiger charge is 2.21. The average molecular weight is 374 g/mol. The fourth-order valence-electron chi connectivity index (χ4n) is 4.11. The van der Waals surface area contributed by atoms with Crippen molar-refractivity contribution in [1.82, 2.24) is 14.7 Å². The third-order valence-corrected chi connectivity index (χ3v) is 5.61. The van der Waals surface area contributed by atoms with Crippen molar-refractivity contribution in [3.05, 3.63) is 24.3 Å². The molecule has 3 rings (SSSR count). The number of para-hydroxylation sites is 1. The van der Waals surface area contributed by atoms with Gasteiger partial charge in [-0.2, -0.15) is 5.10 Å². The van der Waals surface area contributed by atoms with Gasteiger partial charge in [0.1, 0.15) is 0 Å². The molecule has 1 atom stereocenters. The Morgan fingerprint density at radius 1 is 1.19 bits per heavy atom. The lowest BCUT2D eigenvalue weighted by molar-refractivity contribution is 0.0368. The van der Waals surface area contributed by atoms with Crippen LogP contribution in [0.5, 0.6) is 0 Å². The van der Waals surface area contributed by atoms with Crippen LogP contribution in [0.1, 0.15) is 33.1 Å². The van der Waals surface area contributed by atoms with E-state index in [0.717, 1.165) is 71.0 Å². The highest BCUT2D eigenvalue weighted by Crippen LogP contribution is 2.29. The third kappa shape index (κ3) is 4.81. The number of morpholine rings is 1. The van der Waals surface area contributed by atoms with Gasteiger partial charge in [0.25, 0.3) is 0 Å². The van der Waals surface area contributed by atoms with Gasteiger partial charge in [0.05, 0.1) is 18.7 Å². The van der Waals surface area contributed by atoms with Crippen LogP contribution in [-0.2, 0) is 11.3 Å². The van der Waals surface area contributed by atoms with Gasteiger partial charge in [0.15, 0.2) is 5.82 Å². The number of fused-ring (bicyclic) bond motifs is 1. The lowest BCUT2D eigenvalue weighted by Crippen LogP contribution is -2.37. The number of nitrogens with zero attached hydrogens (tertiary/aromatic N) is 4. The van der Waals surface area contributed by atoms with Crippen LogP contribution in [0, 0.1) is 0 Å². The molecule has 27 heavy (non-hydrogen) atoms. The number of aromatic nitrogens is 2. The van der Waals surface area contributed by atoms with Gasteiger partial charge in [-0.05, 0) is 44.9 Å². The highest BCUT2D eigenvalue weighted by atomic mass is 16.5. The number of ether oxygens (including phenoxy) is 1. The molecule has 0 amide bonds. The Hall–Kier alpha value is -1.63. The molecule has 6 heteroatoms. The second kappa shape index (κ2) is 10.1. The standard InChI is InChI=1S/C21H35N5O/c1-3-18(10-11-22)25(4-2)21-19-8-5-6-9-20(19)26(23-21)13-7-12-24-14-16-27-17-15-24/h5-6,8-9,18H,3-4,7,10-17,22H2,1-2H3. The molecule has 0 bridgehead atoms. The summed E-state index contributed by atoms with van der Waals surface area (Å²) in [5.41, 5.74) is 7.10. The van der Waals surface area contributed by atoms with Crippen molar-refractivity contribution in [2.45, 2.75) is 45.7 Å². The molecule has 0 aliphatic carbocycles. The smallest absolute Gasteiger partial charge is 0.158 e. The first-order valence-electron chi connectivity index (χ1n) is 10.5. The molecule has 0 radical (unpaired) electrons. The van der Waals surface area contributed by atoms with Gasteiger partial charge in [0, 0.05) is 44.2 Å². The van der Waals surface area contributed by atoms with Gasteiger partial charge in [-0.1, -0.05) is 19.1 Å². The van der Waals surface area contributed by atoms with Crippen molar-refractivity contribution in [1.29, 1.82) is 0 Å². The van der Waals surface area contributed by atoms with Gasteiger partial charge < -0.3 is 15.4 Å². The predicted molar refractivity (Wildman–Crippen MR) is 112 cm³/mol. The number of hydrogen-bond donors (Lipinski definition) is 1. The Morgan fingerprint density at radius 3 is 2.67 bits per heavy atom. The largest absolute Gasteiger partial charge is 0.379 e. The van der Waals surface area contributed by atoms with Crippen LogP contribution in [0.25, 0.3) is 10.9 Å². The minimum Gasteiger partial charge on any atom is -0.379 e. The summed E-state index contributed by atoms with van der Waals surface area (Å²) < 4.78 is 7.64. The summed E-state index contributed by atoms with van der Waals surface area (Å²) in [5.74, 6) is 1.11. The van der Waals surface area contributed by atoms with Crippen LogP contribution in [0.4, 0.5) is 5.82 Å². The zero-order valence-corrected chi connectivity index (χ0v) is 16.9. The van der Waals surface area contributed by atoms with Crippen molar-refractivity contribution >= 4 is 16.7 Å². The van der Waals surface area contributed by atoms with E-state index in [4.69, 9.17) is 15.6 Å². The summed E-state index contributed by atoms with van der Waals surface area (Å²) in [4.78, 5) is 4.93. The molecule has 0 saturated carbocycles. The van der Waals surface area contributed by atoms with Gasteiger partial charge in [-0.15, -0.1) is 0 Å². The van der Waals surface area contributed by atoms with Crippen molar-refractivity contribution in [3.63, 3.8) is 0 Å². The van der Waals surface area contributed by atoms with Gasteiger partial charge >= 0.3 is 0 Å². The molecule has 1 aliphatic heterocycles. The van der Waals surface area contributed by atoms with Crippen LogP contribution in [0.3, 0.4) is 0 Å². The minimum absolute atomic E-state index is 0.445. The Labute approximate surface area is 163 Å². The molecule has 2 heterocycles. The first-order valence-corrected chi connectivity index (χ1v) is 10.5. The van der Waals surface area contributed by atoms with Crippen LogP contribution in [0.15, 0.2) is 24.3 Å². The molecular formula is C21H35N5O. The molecule has 1 fully saturated rings. The SMILES string of the molecule is CCC(CCN)N(CC)c1nn(CCCN2CCOCC2)c2ccccc12. The van der Waals surface area contributed by atoms with Crippen LogP contribution >= 0.6 is 0 Å². The maximum atomic E-state index is 5.86. The number of anilines is 1. The van der Waals surface area contributed by atoms with Crippen LogP contribution in [0.2, 0.25) is 0 Å². The van der Waals surface area contributed by atoms with E-state index in [0.29, 0.717) is 12.6 Å². The van der Waals surface area contributed by atoms with E-state index < -0.39 is 0 Å². The van der Waals surface area contributed by atoms with Gasteiger partial charge in [0.2, 0.25) is 0 Å². The Balaban J connectivity index is 1.77. The molecule has 1 aromatic heterocycles. The minimum atomic E-state index is 0.445. The van der Waals surface area contributed by atoms with E-state index in [9.17, 15) is 0 Å². The van der Waals surface area contributed by atoms with E-state index in [-0.39, 0.29) is 0 Å². The van der Waals surface area contributed by atoms with Gasteiger partial charge in [-0.25, -0.2) is 0 Å². The number of nitrogens with two attached hydrogens (primary N) is 1. The summed E-state index contributed by atoms with van der Waals surface area (Å²) in [6.45, 7) is 12.0. The van der Waals surface area contributed by atoms with E-state index in [1.807, 2.05) is 0 Å². The third-order valence-electron chi connectivity index (χ3n) is 5.61. The molecule has 6 nitrogen and oxygen atoms in total. The molecular weight excluding hydrogens is 338 g/mol. The van der Waals surface area contributed by atoms with Crippen molar-refractivity contribution in [3.8, 4) is 0 Å². The predicted octanol–water partition coefficient (Wildman–Crippen LogP) is 2.71. The highest BCUT2D eigenvalue weighted by molar-refractivity contribution is 5.90. The maximum absolute atomic E-state index is 5.86. The number of hydrogen-bond acceptors (Lipinski definition) is 5. The second-order valence-electron chi connectivity index (χ2n) is 7.30. The molecule has 1 aromatic carbocycles. The van der Waals surface area contributed by atoms with Crippen LogP contribution in [-0.4, -0.2) is 66.7 Å². The van der Waals surface area contributed by atoms with E-state index in [2.05, 4.69) is 52.6 Å². The number of rotatable bonds is 10. The number of benzene rings is 1. The molecule has 1 aliphatic rings. The first-order chi connectivity index (χ1) is 13.3. The monoisotopic (exact) mass is 373 g/mol. The van der Waals surface area contributed by atoms with Crippen molar-refractivity contribution < 1.29 is 4.74 Å². The van der Waals surface area contributed by atoms with Crippen LogP contribution < -0.4 is 10.6 Å². The molecule has 2 aromatic rings. The molecule has 150 valence electrons. The number of aryl methyl sites for hydroxylation is 1. The summed E-state index contributed by atoms with van der Waals surface area (Å²) in [7, 11) is 0. The summed E-state index contributed by atoms with van der Waals surface area (Å²) in [6.07, 6.45) is 3.20. The fraction of sp³-hybridized carbons (Fsp3) is 0.667. The van der Waals surface area contributed by atoms with E-state index >= 15 is 0 Å².